The van der Waals surface area contributed by atoms with Crippen molar-refractivity contribution in [3.8, 4) is 0 Å². The molecule has 0 atom stereocenters. The summed E-state index contributed by atoms with van der Waals surface area (Å²) in [6, 6.07) is 3.81. The maximum atomic E-state index is 5.80. The first-order valence-corrected chi connectivity index (χ1v) is 6.25. The highest BCUT2D eigenvalue weighted by atomic mass is 79.9. The van der Waals surface area contributed by atoms with Gasteiger partial charge >= 0.3 is 0 Å². The summed E-state index contributed by atoms with van der Waals surface area (Å²) in [6.45, 7) is 0. The molecule has 2 rings (SSSR count). The van der Waals surface area contributed by atoms with E-state index in [1.165, 1.54) is 11.8 Å². The standard InChI is InChI=1S/C7H3BrClN3S2/c8-4-1-2-5(10-3-4)13-7-6(9)11-14-12-7/h1-3H. The Hall–Kier alpha value is -0.170. The van der Waals surface area contributed by atoms with Crippen LogP contribution in [0.3, 0.4) is 0 Å². The highest BCUT2D eigenvalue weighted by Crippen LogP contribution is 2.30. The fourth-order valence-electron chi connectivity index (χ4n) is 0.752. The summed E-state index contributed by atoms with van der Waals surface area (Å²) >= 11 is 11.6. The van der Waals surface area contributed by atoms with E-state index in [1.807, 2.05) is 12.1 Å². The van der Waals surface area contributed by atoms with Crippen molar-refractivity contribution in [1.82, 2.24) is 13.7 Å². The molecular weight excluding hydrogens is 306 g/mol. The maximum Gasteiger partial charge on any atom is 0.177 e. The Morgan fingerprint density at radius 2 is 2.21 bits per heavy atom. The predicted octanol–water partition coefficient (Wildman–Crippen LogP) is 3.50. The third-order valence-electron chi connectivity index (χ3n) is 1.32. The van der Waals surface area contributed by atoms with Crippen LogP contribution in [0.5, 0.6) is 0 Å². The molecule has 72 valence electrons. The quantitative estimate of drug-likeness (QED) is 0.851. The Kier molecular flexibility index (Phi) is 3.38. The second-order valence-electron chi connectivity index (χ2n) is 2.28. The van der Waals surface area contributed by atoms with E-state index >= 15 is 0 Å². The van der Waals surface area contributed by atoms with Crippen LogP contribution in [0.1, 0.15) is 0 Å². The van der Waals surface area contributed by atoms with Crippen LogP contribution in [0.25, 0.3) is 0 Å². The number of aromatic nitrogens is 3. The average Bonchev–Trinajstić information content (AvgIpc) is 2.56. The van der Waals surface area contributed by atoms with Crippen molar-refractivity contribution in [2.75, 3.05) is 0 Å². The molecule has 0 fully saturated rings. The summed E-state index contributed by atoms with van der Waals surface area (Å²) in [4.78, 5) is 4.19. The summed E-state index contributed by atoms with van der Waals surface area (Å²) in [5, 5.41) is 1.99. The average molecular weight is 309 g/mol. The summed E-state index contributed by atoms with van der Waals surface area (Å²) in [5.41, 5.74) is 0. The summed E-state index contributed by atoms with van der Waals surface area (Å²) in [5.74, 6) is 0. The van der Waals surface area contributed by atoms with Gasteiger partial charge < -0.3 is 0 Å². The molecule has 0 aliphatic carbocycles. The van der Waals surface area contributed by atoms with Gasteiger partial charge in [-0.15, -0.1) is 0 Å². The molecule has 0 saturated carbocycles. The van der Waals surface area contributed by atoms with Crippen molar-refractivity contribution in [1.29, 1.82) is 0 Å². The second kappa shape index (κ2) is 4.57. The zero-order valence-corrected chi connectivity index (χ0v) is 10.6. The molecule has 2 aromatic rings. The van der Waals surface area contributed by atoms with E-state index in [1.54, 1.807) is 6.20 Å². The molecule has 14 heavy (non-hydrogen) atoms. The lowest BCUT2D eigenvalue weighted by Gasteiger charge is -1.96. The lowest BCUT2D eigenvalue weighted by atomic mass is 10.5. The maximum absolute atomic E-state index is 5.80. The van der Waals surface area contributed by atoms with Gasteiger partial charge in [-0.25, -0.2) is 4.98 Å². The van der Waals surface area contributed by atoms with E-state index in [9.17, 15) is 0 Å². The molecule has 0 bridgehead atoms. The zero-order chi connectivity index (χ0) is 9.97. The highest BCUT2D eigenvalue weighted by Gasteiger charge is 2.07. The van der Waals surface area contributed by atoms with Crippen molar-refractivity contribution < 1.29 is 0 Å². The Labute approximate surface area is 102 Å². The molecule has 0 aromatic carbocycles. The van der Waals surface area contributed by atoms with Gasteiger partial charge in [0.1, 0.15) is 5.03 Å². The third kappa shape index (κ3) is 2.44. The second-order valence-corrected chi connectivity index (χ2v) is 5.09. The first kappa shape index (κ1) is 10.4. The lowest BCUT2D eigenvalue weighted by molar-refractivity contribution is 1.11. The van der Waals surface area contributed by atoms with Gasteiger partial charge in [0.15, 0.2) is 10.2 Å². The molecule has 0 aliphatic heterocycles. The van der Waals surface area contributed by atoms with Crippen molar-refractivity contribution in [2.45, 2.75) is 10.1 Å². The first-order valence-electron chi connectivity index (χ1n) is 3.53. The van der Waals surface area contributed by atoms with Crippen LogP contribution in [0.4, 0.5) is 0 Å². The van der Waals surface area contributed by atoms with Crippen LogP contribution in [0.15, 0.2) is 32.9 Å². The van der Waals surface area contributed by atoms with Gasteiger partial charge in [-0.3, -0.25) is 0 Å². The third-order valence-corrected chi connectivity index (χ3v) is 3.84. The molecule has 2 heterocycles. The molecule has 0 radical (unpaired) electrons. The largest absolute Gasteiger partial charge is 0.248 e. The molecule has 3 nitrogen and oxygen atoms in total. The van der Waals surface area contributed by atoms with Crippen molar-refractivity contribution in [3.05, 3.63) is 28.0 Å². The van der Waals surface area contributed by atoms with Gasteiger partial charge in [0, 0.05) is 10.7 Å². The molecule has 0 aliphatic rings. The number of rotatable bonds is 2. The lowest BCUT2D eigenvalue weighted by Crippen LogP contribution is -1.79. The number of hydrogen-bond donors (Lipinski definition) is 0. The Balaban J connectivity index is 2.19. The minimum atomic E-state index is 0.435. The summed E-state index contributed by atoms with van der Waals surface area (Å²) in [6.07, 6.45) is 1.73. The van der Waals surface area contributed by atoms with Crippen LogP contribution in [0, 0.1) is 0 Å². The SMILES string of the molecule is Clc1nsnc1Sc1ccc(Br)cn1. The minimum Gasteiger partial charge on any atom is -0.248 e. The Morgan fingerprint density at radius 3 is 2.79 bits per heavy atom. The van der Waals surface area contributed by atoms with Crippen molar-refractivity contribution in [2.24, 2.45) is 0 Å². The summed E-state index contributed by atoms with van der Waals surface area (Å²) in [7, 11) is 0. The first-order chi connectivity index (χ1) is 6.75. The van der Waals surface area contributed by atoms with Gasteiger partial charge in [0.2, 0.25) is 0 Å². The predicted molar refractivity (Wildman–Crippen MR) is 61.0 cm³/mol. The monoisotopic (exact) mass is 307 g/mol. The van der Waals surface area contributed by atoms with E-state index in [-0.39, 0.29) is 0 Å². The van der Waals surface area contributed by atoms with Crippen LogP contribution in [0.2, 0.25) is 5.15 Å². The zero-order valence-electron chi connectivity index (χ0n) is 6.65. The van der Waals surface area contributed by atoms with Crippen LogP contribution >= 0.6 is 51.0 Å². The Morgan fingerprint density at radius 1 is 1.36 bits per heavy atom. The van der Waals surface area contributed by atoms with Gasteiger partial charge in [0.25, 0.3) is 0 Å². The topological polar surface area (TPSA) is 38.7 Å². The van der Waals surface area contributed by atoms with E-state index < -0.39 is 0 Å². The van der Waals surface area contributed by atoms with E-state index in [0.717, 1.165) is 21.2 Å². The fourth-order valence-corrected chi connectivity index (χ4v) is 2.52. The normalized spacial score (nSPS) is 10.4. The van der Waals surface area contributed by atoms with Crippen LogP contribution in [-0.4, -0.2) is 13.7 Å². The number of hydrogen-bond acceptors (Lipinski definition) is 5. The molecule has 0 amide bonds. The molecule has 2 aromatic heterocycles. The van der Waals surface area contributed by atoms with Gasteiger partial charge in [-0.1, -0.05) is 11.6 Å². The summed E-state index contributed by atoms with van der Waals surface area (Å²) < 4.78 is 8.86. The van der Waals surface area contributed by atoms with Crippen molar-refractivity contribution >= 4 is 51.0 Å². The van der Waals surface area contributed by atoms with E-state index in [4.69, 9.17) is 11.6 Å². The number of nitrogens with zero attached hydrogens (tertiary/aromatic N) is 3. The van der Waals surface area contributed by atoms with Crippen LogP contribution in [-0.2, 0) is 0 Å². The molecule has 0 N–H and O–H groups in total. The minimum absolute atomic E-state index is 0.435. The molecule has 0 unspecified atom stereocenters. The number of halogens is 2. The molecular formula is C7H3BrClN3S2. The molecule has 0 spiro atoms. The highest BCUT2D eigenvalue weighted by molar-refractivity contribution is 9.10. The smallest absolute Gasteiger partial charge is 0.177 e. The van der Waals surface area contributed by atoms with Crippen molar-refractivity contribution in [3.63, 3.8) is 0 Å². The van der Waals surface area contributed by atoms with Crippen LogP contribution < -0.4 is 0 Å². The Bertz CT molecular complexity index is 431. The molecule has 0 saturated heterocycles. The molecule has 7 heteroatoms. The van der Waals surface area contributed by atoms with Gasteiger partial charge in [-0.05, 0) is 39.8 Å². The van der Waals surface area contributed by atoms with Gasteiger partial charge in [0.05, 0.1) is 11.7 Å². The van der Waals surface area contributed by atoms with E-state index in [2.05, 4.69) is 29.7 Å². The van der Waals surface area contributed by atoms with E-state index in [0.29, 0.717) is 10.2 Å². The van der Waals surface area contributed by atoms with Gasteiger partial charge in [-0.2, -0.15) is 8.75 Å². The fraction of sp³-hybridized carbons (Fsp3) is 0. The number of pyridine rings is 1.